The van der Waals surface area contributed by atoms with Gasteiger partial charge < -0.3 is 9.84 Å². The largest absolute Gasteiger partial charge is 0.490 e. The number of hydrogen-bond donors (Lipinski definition) is 1. The quantitative estimate of drug-likeness (QED) is 0.926. The SMILES string of the molecule is O=c1n(-c2ccc(OC3CCCC3)cc2)ccn1C1CCC(O)CC1. The van der Waals surface area contributed by atoms with Gasteiger partial charge in [-0.2, -0.15) is 0 Å². The van der Waals surface area contributed by atoms with Crippen LogP contribution in [0.1, 0.15) is 57.4 Å². The fourth-order valence-corrected chi connectivity index (χ4v) is 4.09. The highest BCUT2D eigenvalue weighted by atomic mass is 16.5. The van der Waals surface area contributed by atoms with E-state index in [0.717, 1.165) is 50.0 Å². The molecule has 2 aliphatic carbocycles. The van der Waals surface area contributed by atoms with Gasteiger partial charge in [0, 0.05) is 18.4 Å². The van der Waals surface area contributed by atoms with Gasteiger partial charge in [0.25, 0.3) is 0 Å². The van der Waals surface area contributed by atoms with E-state index >= 15 is 0 Å². The Hall–Kier alpha value is -2.01. The Balaban J connectivity index is 1.49. The van der Waals surface area contributed by atoms with E-state index in [0.29, 0.717) is 6.10 Å². The summed E-state index contributed by atoms with van der Waals surface area (Å²) in [5.74, 6) is 0.879. The summed E-state index contributed by atoms with van der Waals surface area (Å²) in [4.78, 5) is 12.7. The van der Waals surface area contributed by atoms with Crippen LogP contribution in [0.2, 0.25) is 0 Å². The Bertz CT molecular complexity index is 748. The van der Waals surface area contributed by atoms with E-state index < -0.39 is 0 Å². The number of aliphatic hydroxyl groups excluding tert-OH is 1. The van der Waals surface area contributed by atoms with E-state index in [2.05, 4.69) is 0 Å². The first kappa shape index (κ1) is 16.5. The predicted octanol–water partition coefficient (Wildman–Crippen LogP) is 3.44. The van der Waals surface area contributed by atoms with Crippen molar-refractivity contribution in [1.82, 2.24) is 9.13 Å². The Morgan fingerprint density at radius 2 is 1.60 bits per heavy atom. The molecule has 1 aromatic heterocycles. The molecule has 5 heteroatoms. The molecule has 0 spiro atoms. The van der Waals surface area contributed by atoms with E-state index in [4.69, 9.17) is 4.74 Å². The number of benzene rings is 1. The van der Waals surface area contributed by atoms with Crippen LogP contribution in [-0.4, -0.2) is 26.4 Å². The van der Waals surface area contributed by atoms with Crippen LogP contribution in [0.3, 0.4) is 0 Å². The zero-order valence-electron chi connectivity index (χ0n) is 14.5. The van der Waals surface area contributed by atoms with Crippen LogP contribution >= 0.6 is 0 Å². The highest BCUT2D eigenvalue weighted by molar-refractivity contribution is 5.37. The summed E-state index contributed by atoms with van der Waals surface area (Å²) >= 11 is 0. The second kappa shape index (κ2) is 7.08. The van der Waals surface area contributed by atoms with Crippen LogP contribution in [-0.2, 0) is 0 Å². The Labute approximate surface area is 147 Å². The maximum atomic E-state index is 12.7. The van der Waals surface area contributed by atoms with Gasteiger partial charge in [-0.3, -0.25) is 9.13 Å². The van der Waals surface area contributed by atoms with E-state index in [1.807, 2.05) is 41.2 Å². The first-order chi connectivity index (χ1) is 12.2. The van der Waals surface area contributed by atoms with Crippen molar-refractivity contribution in [1.29, 1.82) is 0 Å². The van der Waals surface area contributed by atoms with Crippen molar-refractivity contribution in [3.05, 3.63) is 47.1 Å². The molecule has 5 nitrogen and oxygen atoms in total. The molecule has 4 rings (SSSR count). The van der Waals surface area contributed by atoms with E-state index in [-0.39, 0.29) is 17.8 Å². The van der Waals surface area contributed by atoms with Crippen LogP contribution in [0.4, 0.5) is 0 Å². The number of rotatable bonds is 4. The molecule has 0 atom stereocenters. The van der Waals surface area contributed by atoms with Gasteiger partial charge in [0.05, 0.1) is 17.9 Å². The van der Waals surface area contributed by atoms with Crippen LogP contribution < -0.4 is 10.4 Å². The fourth-order valence-electron chi connectivity index (χ4n) is 4.09. The second-order valence-electron chi connectivity index (χ2n) is 7.34. The molecule has 0 aliphatic heterocycles. The minimum Gasteiger partial charge on any atom is -0.490 e. The molecule has 2 aliphatic rings. The van der Waals surface area contributed by atoms with Gasteiger partial charge in [-0.1, -0.05) is 0 Å². The van der Waals surface area contributed by atoms with Gasteiger partial charge in [0.1, 0.15) is 5.75 Å². The molecule has 0 radical (unpaired) electrons. The number of ether oxygens (including phenoxy) is 1. The summed E-state index contributed by atoms with van der Waals surface area (Å²) in [7, 11) is 0. The van der Waals surface area contributed by atoms with E-state index in [1.54, 1.807) is 4.57 Å². The Morgan fingerprint density at radius 3 is 2.28 bits per heavy atom. The normalized spacial score (nSPS) is 24.5. The molecule has 2 aromatic rings. The van der Waals surface area contributed by atoms with Crippen LogP contribution in [0.15, 0.2) is 41.5 Å². The van der Waals surface area contributed by atoms with Gasteiger partial charge in [0.2, 0.25) is 0 Å². The lowest BCUT2D eigenvalue weighted by molar-refractivity contribution is 0.110. The van der Waals surface area contributed by atoms with Crippen molar-refractivity contribution in [3.63, 3.8) is 0 Å². The van der Waals surface area contributed by atoms with Crippen LogP contribution in [0, 0.1) is 0 Å². The summed E-state index contributed by atoms with van der Waals surface area (Å²) in [6, 6.07) is 7.99. The first-order valence-corrected chi connectivity index (χ1v) is 9.45. The fraction of sp³-hybridized carbons (Fsp3) is 0.550. The zero-order valence-corrected chi connectivity index (χ0v) is 14.5. The monoisotopic (exact) mass is 342 g/mol. The van der Waals surface area contributed by atoms with Crippen LogP contribution in [0.5, 0.6) is 5.75 Å². The van der Waals surface area contributed by atoms with Crippen molar-refractivity contribution in [2.45, 2.75) is 69.6 Å². The molecular formula is C20H26N2O3. The number of nitrogens with zero attached hydrogens (tertiary/aromatic N) is 2. The molecule has 2 fully saturated rings. The topological polar surface area (TPSA) is 56.4 Å². The summed E-state index contributed by atoms with van der Waals surface area (Å²) in [5, 5.41) is 9.65. The average molecular weight is 342 g/mol. The first-order valence-electron chi connectivity index (χ1n) is 9.45. The molecule has 134 valence electrons. The smallest absolute Gasteiger partial charge is 0.332 e. The third kappa shape index (κ3) is 3.52. The highest BCUT2D eigenvalue weighted by Crippen LogP contribution is 2.28. The maximum absolute atomic E-state index is 12.7. The zero-order chi connectivity index (χ0) is 17.2. The van der Waals surface area contributed by atoms with E-state index in [9.17, 15) is 9.90 Å². The standard InChI is InChI=1S/C20H26N2O3/c23-17-9-5-15(6-10-17)21-13-14-22(20(21)24)16-7-11-19(12-8-16)25-18-3-1-2-4-18/h7-8,11-15,17-18,23H,1-6,9-10H2. The lowest BCUT2D eigenvalue weighted by Crippen LogP contribution is -2.29. The average Bonchev–Trinajstić information content (AvgIpc) is 3.26. The summed E-state index contributed by atoms with van der Waals surface area (Å²) < 4.78 is 9.49. The van der Waals surface area contributed by atoms with Gasteiger partial charge in [-0.25, -0.2) is 4.79 Å². The lowest BCUT2D eigenvalue weighted by Gasteiger charge is -2.25. The van der Waals surface area contributed by atoms with Crippen molar-refractivity contribution < 1.29 is 9.84 Å². The number of aromatic nitrogens is 2. The molecule has 25 heavy (non-hydrogen) atoms. The van der Waals surface area contributed by atoms with Gasteiger partial charge in [-0.05, 0) is 75.6 Å². The third-order valence-corrected chi connectivity index (χ3v) is 5.58. The van der Waals surface area contributed by atoms with Gasteiger partial charge >= 0.3 is 5.69 Å². The molecule has 1 aromatic carbocycles. The molecule has 0 saturated heterocycles. The highest BCUT2D eigenvalue weighted by Gasteiger charge is 2.22. The van der Waals surface area contributed by atoms with Gasteiger partial charge in [0.15, 0.2) is 0 Å². The molecule has 0 unspecified atom stereocenters. The summed E-state index contributed by atoms with van der Waals surface area (Å²) in [6.45, 7) is 0. The van der Waals surface area contributed by atoms with Gasteiger partial charge in [-0.15, -0.1) is 0 Å². The predicted molar refractivity (Wildman–Crippen MR) is 96.4 cm³/mol. The van der Waals surface area contributed by atoms with Crippen molar-refractivity contribution in [2.75, 3.05) is 0 Å². The summed E-state index contributed by atoms with van der Waals surface area (Å²) in [6.07, 6.45) is 11.9. The summed E-state index contributed by atoms with van der Waals surface area (Å²) in [5.41, 5.74) is 0.851. The van der Waals surface area contributed by atoms with E-state index in [1.165, 1.54) is 12.8 Å². The molecule has 2 saturated carbocycles. The van der Waals surface area contributed by atoms with Crippen molar-refractivity contribution >= 4 is 0 Å². The number of hydrogen-bond acceptors (Lipinski definition) is 3. The number of aliphatic hydroxyl groups is 1. The number of imidazole rings is 1. The Kier molecular flexibility index (Phi) is 4.66. The van der Waals surface area contributed by atoms with Crippen LogP contribution in [0.25, 0.3) is 5.69 Å². The minimum absolute atomic E-state index is 0.00847. The minimum atomic E-state index is -0.207. The second-order valence-corrected chi connectivity index (χ2v) is 7.34. The molecule has 1 heterocycles. The maximum Gasteiger partial charge on any atom is 0.332 e. The third-order valence-electron chi connectivity index (χ3n) is 5.58. The molecule has 0 bridgehead atoms. The van der Waals surface area contributed by atoms with Crippen molar-refractivity contribution in [2.24, 2.45) is 0 Å². The molecule has 1 N–H and O–H groups in total. The van der Waals surface area contributed by atoms with Crippen molar-refractivity contribution in [3.8, 4) is 11.4 Å². The Morgan fingerprint density at radius 1 is 0.920 bits per heavy atom. The lowest BCUT2D eigenvalue weighted by atomic mass is 9.93. The molecular weight excluding hydrogens is 316 g/mol. The molecule has 0 amide bonds.